The van der Waals surface area contributed by atoms with Gasteiger partial charge in [0, 0.05) is 30.6 Å². The van der Waals surface area contributed by atoms with Crippen LogP contribution in [0.15, 0.2) is 78.9 Å². The van der Waals surface area contributed by atoms with Crippen molar-refractivity contribution < 1.29 is 19.1 Å². The molecule has 0 radical (unpaired) electrons. The monoisotopic (exact) mass is 528 g/mol. The Hall–Kier alpha value is -3.48. The third-order valence-electron chi connectivity index (χ3n) is 8.81. The maximum Gasteiger partial charge on any atom is 0.320 e. The third kappa shape index (κ3) is 5.11. The molecule has 6 nitrogen and oxygen atoms in total. The summed E-state index contributed by atoms with van der Waals surface area (Å²) >= 11 is 0. The van der Waals surface area contributed by atoms with Crippen LogP contribution in [-0.4, -0.2) is 44.8 Å². The average molecular weight is 529 g/mol. The van der Waals surface area contributed by atoms with E-state index in [0.717, 1.165) is 36.0 Å². The fraction of sp³-hybridized carbons (Fsp3) is 0.394. The van der Waals surface area contributed by atoms with E-state index in [0.29, 0.717) is 18.5 Å². The Morgan fingerprint density at radius 3 is 2.03 bits per heavy atom. The van der Waals surface area contributed by atoms with Crippen molar-refractivity contribution >= 4 is 11.9 Å². The quantitative estimate of drug-likeness (QED) is 0.345. The van der Waals surface area contributed by atoms with Crippen molar-refractivity contribution in [3.8, 4) is 0 Å². The normalized spacial score (nSPS) is 18.3. The molecule has 0 saturated heterocycles. The van der Waals surface area contributed by atoms with E-state index in [4.69, 9.17) is 15.2 Å². The molecule has 3 aromatic rings. The van der Waals surface area contributed by atoms with Crippen LogP contribution in [0.1, 0.15) is 65.7 Å². The molecule has 0 fully saturated rings. The highest BCUT2D eigenvalue weighted by atomic mass is 16.5. The number of esters is 1. The van der Waals surface area contributed by atoms with Gasteiger partial charge in [-0.1, -0.05) is 80.6 Å². The van der Waals surface area contributed by atoms with E-state index < -0.39 is 11.3 Å². The van der Waals surface area contributed by atoms with E-state index in [-0.39, 0.29) is 23.5 Å². The number of hydrogen-bond donors (Lipinski definition) is 2. The first kappa shape index (κ1) is 28.5. The van der Waals surface area contributed by atoms with Crippen LogP contribution in [0.25, 0.3) is 0 Å². The lowest BCUT2D eigenvalue weighted by Crippen LogP contribution is -2.59. The van der Waals surface area contributed by atoms with Crippen molar-refractivity contribution in [3.63, 3.8) is 0 Å². The molecule has 0 aliphatic heterocycles. The lowest BCUT2D eigenvalue weighted by molar-refractivity contribution is -0.146. The lowest BCUT2D eigenvalue weighted by Gasteiger charge is -2.49. The van der Waals surface area contributed by atoms with E-state index in [1.165, 1.54) is 12.7 Å². The van der Waals surface area contributed by atoms with Gasteiger partial charge in [0.25, 0.3) is 0 Å². The number of fused-ring (bicyclic) bond motifs is 1. The van der Waals surface area contributed by atoms with Gasteiger partial charge in [-0.3, -0.25) is 9.59 Å². The summed E-state index contributed by atoms with van der Waals surface area (Å²) in [4.78, 5) is 25.7. The molecule has 0 heterocycles. The number of carbonyl (C=O) groups is 2. The highest BCUT2D eigenvalue weighted by Gasteiger charge is 2.48. The summed E-state index contributed by atoms with van der Waals surface area (Å²) in [7, 11) is 3.20. The zero-order valence-electron chi connectivity index (χ0n) is 23.4. The molecule has 1 amide bonds. The number of nitrogens with two attached hydrogens (primary N) is 1. The Labute approximate surface area is 231 Å². The van der Waals surface area contributed by atoms with Gasteiger partial charge in [0.05, 0.1) is 13.2 Å². The van der Waals surface area contributed by atoms with E-state index in [2.05, 4.69) is 19.2 Å². The first-order chi connectivity index (χ1) is 18.9. The largest absolute Gasteiger partial charge is 0.468 e. The fourth-order valence-corrected chi connectivity index (χ4v) is 6.67. The number of amides is 1. The van der Waals surface area contributed by atoms with Crippen molar-refractivity contribution in [2.45, 2.75) is 62.5 Å². The minimum atomic E-state index is -0.973. The minimum absolute atomic E-state index is 0.0324. The van der Waals surface area contributed by atoms with Crippen LogP contribution in [0.4, 0.5) is 0 Å². The second-order valence-corrected chi connectivity index (χ2v) is 10.4. The SMILES string of the molecule is CCC1(CC)c2cc(C(N)=O)ccc2C[C@H](OC)[C@H]1NCCC(C(=O)OC)(c1ccccc1)c1ccccc1. The summed E-state index contributed by atoms with van der Waals surface area (Å²) in [6.07, 6.45) is 2.87. The number of rotatable bonds is 11. The number of methoxy groups -OCH3 is 2. The molecule has 4 rings (SSSR count). The van der Waals surface area contributed by atoms with Crippen LogP contribution in [0.5, 0.6) is 0 Å². The lowest BCUT2D eigenvalue weighted by atomic mass is 9.62. The first-order valence-electron chi connectivity index (χ1n) is 13.8. The Balaban J connectivity index is 1.74. The van der Waals surface area contributed by atoms with E-state index in [9.17, 15) is 9.59 Å². The van der Waals surface area contributed by atoms with Crippen LogP contribution in [-0.2, 0) is 31.5 Å². The summed E-state index contributed by atoms with van der Waals surface area (Å²) < 4.78 is 11.5. The molecule has 39 heavy (non-hydrogen) atoms. The molecule has 3 N–H and O–H groups in total. The molecule has 206 valence electrons. The maximum atomic E-state index is 13.6. The average Bonchev–Trinajstić information content (AvgIpc) is 2.99. The minimum Gasteiger partial charge on any atom is -0.468 e. The summed E-state index contributed by atoms with van der Waals surface area (Å²) in [5, 5.41) is 3.83. The Morgan fingerprint density at radius 1 is 0.949 bits per heavy atom. The maximum absolute atomic E-state index is 13.6. The Bertz CT molecular complexity index is 1230. The summed E-state index contributed by atoms with van der Waals surface area (Å²) in [6.45, 7) is 4.92. The van der Waals surface area contributed by atoms with Crippen molar-refractivity contribution in [1.29, 1.82) is 0 Å². The number of benzene rings is 3. The fourth-order valence-electron chi connectivity index (χ4n) is 6.67. The van der Waals surface area contributed by atoms with Gasteiger partial charge in [0.2, 0.25) is 5.91 Å². The third-order valence-corrected chi connectivity index (χ3v) is 8.81. The molecular formula is C33H40N2O4. The van der Waals surface area contributed by atoms with Crippen molar-refractivity contribution in [2.75, 3.05) is 20.8 Å². The Kier molecular flexibility index (Phi) is 8.88. The van der Waals surface area contributed by atoms with Crippen LogP contribution >= 0.6 is 0 Å². The van der Waals surface area contributed by atoms with Crippen LogP contribution in [0.2, 0.25) is 0 Å². The van der Waals surface area contributed by atoms with Crippen LogP contribution in [0, 0.1) is 0 Å². The second kappa shape index (κ2) is 12.1. The van der Waals surface area contributed by atoms with Gasteiger partial charge >= 0.3 is 5.97 Å². The van der Waals surface area contributed by atoms with Gasteiger partial charge in [0.1, 0.15) is 5.41 Å². The van der Waals surface area contributed by atoms with Crippen LogP contribution < -0.4 is 11.1 Å². The molecule has 3 aromatic carbocycles. The number of nitrogens with one attached hydrogen (secondary N) is 1. The number of hydrogen-bond acceptors (Lipinski definition) is 5. The molecule has 1 aliphatic carbocycles. The van der Waals surface area contributed by atoms with E-state index in [1.54, 1.807) is 7.11 Å². The molecule has 2 atom stereocenters. The molecule has 1 aliphatic rings. The summed E-state index contributed by atoms with van der Waals surface area (Å²) in [5.41, 5.74) is 9.07. The topological polar surface area (TPSA) is 90.7 Å². The zero-order valence-corrected chi connectivity index (χ0v) is 23.4. The standard InChI is InChI=1S/C33H40N2O4/c1-5-32(6-2)27-21-24(30(34)36)18-17-23(27)22-28(38-3)29(32)35-20-19-33(31(37)39-4,25-13-9-7-10-14-25)26-15-11-8-12-16-26/h7-18,21,28-29,35H,5-6,19-20,22H2,1-4H3,(H2,34,36)/t28-,29+/m0/s1. The first-order valence-corrected chi connectivity index (χ1v) is 13.8. The molecule has 0 aromatic heterocycles. The van der Waals surface area contributed by atoms with Gasteiger partial charge in [-0.25, -0.2) is 0 Å². The van der Waals surface area contributed by atoms with Gasteiger partial charge < -0.3 is 20.5 Å². The molecule has 0 spiro atoms. The summed E-state index contributed by atoms with van der Waals surface area (Å²) in [6, 6.07) is 25.5. The van der Waals surface area contributed by atoms with E-state index in [1.807, 2.05) is 78.9 Å². The molecule has 0 saturated carbocycles. The summed E-state index contributed by atoms with van der Waals surface area (Å²) in [5.74, 6) is -0.715. The molecule has 0 unspecified atom stereocenters. The van der Waals surface area contributed by atoms with Crippen molar-refractivity contribution in [2.24, 2.45) is 5.73 Å². The van der Waals surface area contributed by atoms with E-state index >= 15 is 0 Å². The highest BCUT2D eigenvalue weighted by molar-refractivity contribution is 5.93. The van der Waals surface area contributed by atoms with Crippen molar-refractivity contribution in [1.82, 2.24) is 5.32 Å². The van der Waals surface area contributed by atoms with Crippen molar-refractivity contribution in [3.05, 3.63) is 107 Å². The smallest absolute Gasteiger partial charge is 0.320 e. The van der Waals surface area contributed by atoms with Gasteiger partial charge in [-0.2, -0.15) is 0 Å². The predicted octanol–water partition coefficient (Wildman–Crippen LogP) is 4.92. The molecular weight excluding hydrogens is 488 g/mol. The number of carbonyl (C=O) groups excluding carboxylic acids is 2. The van der Waals surface area contributed by atoms with Gasteiger partial charge in [-0.15, -0.1) is 0 Å². The predicted molar refractivity (Wildman–Crippen MR) is 154 cm³/mol. The molecule has 6 heteroatoms. The van der Waals surface area contributed by atoms with Gasteiger partial charge in [-0.05, 0) is 60.2 Å². The number of primary amides is 1. The van der Waals surface area contributed by atoms with Crippen LogP contribution in [0.3, 0.4) is 0 Å². The van der Waals surface area contributed by atoms with Gasteiger partial charge in [0.15, 0.2) is 0 Å². The highest BCUT2D eigenvalue weighted by Crippen LogP contribution is 2.44. The molecule has 0 bridgehead atoms. The zero-order chi connectivity index (χ0) is 28.0. The number of ether oxygens (including phenoxy) is 2. The second-order valence-electron chi connectivity index (χ2n) is 10.4. The Morgan fingerprint density at radius 2 is 1.54 bits per heavy atom.